The van der Waals surface area contributed by atoms with Crippen molar-refractivity contribution < 1.29 is 4.79 Å². The summed E-state index contributed by atoms with van der Waals surface area (Å²) in [5.41, 5.74) is 0.682. The van der Waals surface area contributed by atoms with Crippen molar-refractivity contribution in [2.24, 2.45) is 0 Å². The summed E-state index contributed by atoms with van der Waals surface area (Å²) in [5, 5.41) is 6.37. The van der Waals surface area contributed by atoms with Gasteiger partial charge in [-0.2, -0.15) is 0 Å². The smallest absolute Gasteiger partial charge is 0.251 e. The van der Waals surface area contributed by atoms with E-state index in [-0.39, 0.29) is 11.9 Å². The third-order valence-electron chi connectivity index (χ3n) is 3.46. The molecule has 1 atom stereocenters. The summed E-state index contributed by atoms with van der Waals surface area (Å²) in [5.74, 6) is 0.775. The number of rotatable bonds is 10. The number of nitrogens with zero attached hydrogens (tertiary/aromatic N) is 1. The van der Waals surface area contributed by atoms with Crippen LogP contribution in [0.1, 0.15) is 69.7 Å². The number of anilines is 1. The molecule has 1 aromatic heterocycles. The Morgan fingerprint density at radius 1 is 1.19 bits per heavy atom. The van der Waals surface area contributed by atoms with E-state index in [1.54, 1.807) is 12.3 Å². The lowest BCUT2D eigenvalue weighted by molar-refractivity contribution is 0.0932. The maximum Gasteiger partial charge on any atom is 0.251 e. The van der Waals surface area contributed by atoms with Crippen molar-refractivity contribution >= 4 is 11.7 Å². The van der Waals surface area contributed by atoms with Gasteiger partial charge in [-0.15, -0.1) is 0 Å². The number of hydrogen-bond donors (Lipinski definition) is 2. The Morgan fingerprint density at radius 2 is 2.00 bits per heavy atom. The van der Waals surface area contributed by atoms with E-state index in [0.29, 0.717) is 5.56 Å². The standard InChI is InChI=1S/C17H29N3O/c1-4-7-9-15(8-5-2)20-17(21)14-10-12-19-16(13-14)18-11-6-3/h10,12-13,15H,4-9,11H2,1-3H3,(H,18,19)(H,20,21). The Hall–Kier alpha value is -1.58. The number of nitrogens with one attached hydrogen (secondary N) is 2. The maximum atomic E-state index is 12.4. The molecule has 0 fully saturated rings. The van der Waals surface area contributed by atoms with Gasteiger partial charge < -0.3 is 10.6 Å². The average Bonchev–Trinajstić information content (AvgIpc) is 2.51. The molecule has 2 N–H and O–H groups in total. The number of aromatic nitrogens is 1. The minimum atomic E-state index is 0.00602. The lowest BCUT2D eigenvalue weighted by atomic mass is 10.0. The van der Waals surface area contributed by atoms with Gasteiger partial charge in [0.15, 0.2) is 0 Å². The van der Waals surface area contributed by atoms with E-state index in [4.69, 9.17) is 0 Å². The Labute approximate surface area is 128 Å². The zero-order valence-corrected chi connectivity index (χ0v) is 13.6. The van der Waals surface area contributed by atoms with Gasteiger partial charge in [0, 0.05) is 24.3 Å². The molecule has 4 nitrogen and oxygen atoms in total. The van der Waals surface area contributed by atoms with Crippen LogP contribution in [0.5, 0.6) is 0 Å². The number of carbonyl (C=O) groups is 1. The molecule has 0 radical (unpaired) electrons. The predicted octanol–water partition coefficient (Wildman–Crippen LogP) is 3.99. The van der Waals surface area contributed by atoms with Gasteiger partial charge in [0.2, 0.25) is 0 Å². The fourth-order valence-electron chi connectivity index (χ4n) is 2.28. The molecule has 118 valence electrons. The minimum Gasteiger partial charge on any atom is -0.370 e. The molecule has 0 spiro atoms. The summed E-state index contributed by atoms with van der Waals surface area (Å²) < 4.78 is 0. The third kappa shape index (κ3) is 6.61. The Bertz CT molecular complexity index is 420. The van der Waals surface area contributed by atoms with Gasteiger partial charge >= 0.3 is 0 Å². The molecular formula is C17H29N3O. The van der Waals surface area contributed by atoms with Crippen LogP contribution in [0, 0.1) is 0 Å². The van der Waals surface area contributed by atoms with E-state index in [1.165, 1.54) is 0 Å². The van der Waals surface area contributed by atoms with Crippen LogP contribution in [0.25, 0.3) is 0 Å². The van der Waals surface area contributed by atoms with Crippen LogP contribution in [0.15, 0.2) is 18.3 Å². The van der Waals surface area contributed by atoms with Crippen LogP contribution in [0.3, 0.4) is 0 Å². The summed E-state index contributed by atoms with van der Waals surface area (Å²) >= 11 is 0. The summed E-state index contributed by atoms with van der Waals surface area (Å²) in [6.07, 6.45) is 8.23. The molecule has 1 amide bonds. The first-order chi connectivity index (χ1) is 10.2. The predicted molar refractivity (Wildman–Crippen MR) is 88.7 cm³/mol. The van der Waals surface area contributed by atoms with Gasteiger partial charge in [0.05, 0.1) is 0 Å². The fraction of sp³-hybridized carbons (Fsp3) is 0.647. The highest BCUT2D eigenvalue weighted by molar-refractivity contribution is 5.94. The van der Waals surface area contributed by atoms with E-state index in [9.17, 15) is 4.79 Å². The number of pyridine rings is 1. The fourth-order valence-corrected chi connectivity index (χ4v) is 2.28. The van der Waals surface area contributed by atoms with Crippen molar-refractivity contribution in [3.63, 3.8) is 0 Å². The van der Waals surface area contributed by atoms with Gasteiger partial charge in [-0.3, -0.25) is 4.79 Å². The van der Waals surface area contributed by atoms with Gasteiger partial charge in [0.1, 0.15) is 5.82 Å². The Morgan fingerprint density at radius 3 is 2.67 bits per heavy atom. The second kappa shape index (κ2) is 10.2. The van der Waals surface area contributed by atoms with E-state index < -0.39 is 0 Å². The van der Waals surface area contributed by atoms with Crippen LogP contribution >= 0.6 is 0 Å². The second-order valence-corrected chi connectivity index (χ2v) is 5.46. The Balaban J connectivity index is 2.63. The van der Waals surface area contributed by atoms with Crippen molar-refractivity contribution in [2.45, 2.75) is 65.3 Å². The van der Waals surface area contributed by atoms with E-state index in [1.807, 2.05) is 6.07 Å². The quantitative estimate of drug-likeness (QED) is 0.685. The topological polar surface area (TPSA) is 54.0 Å². The third-order valence-corrected chi connectivity index (χ3v) is 3.46. The lowest BCUT2D eigenvalue weighted by Gasteiger charge is -2.18. The number of carbonyl (C=O) groups excluding carboxylic acids is 1. The van der Waals surface area contributed by atoms with Crippen molar-refractivity contribution in [3.8, 4) is 0 Å². The zero-order chi connectivity index (χ0) is 15.5. The normalized spacial score (nSPS) is 12.0. The van der Waals surface area contributed by atoms with Gasteiger partial charge in [-0.05, 0) is 31.4 Å². The number of amides is 1. The van der Waals surface area contributed by atoms with Crippen molar-refractivity contribution in [3.05, 3.63) is 23.9 Å². The first-order valence-electron chi connectivity index (χ1n) is 8.22. The van der Waals surface area contributed by atoms with Gasteiger partial charge in [-0.1, -0.05) is 40.0 Å². The molecule has 1 aromatic rings. The maximum absolute atomic E-state index is 12.4. The molecule has 0 bridgehead atoms. The molecule has 0 aliphatic carbocycles. The molecule has 1 rings (SSSR count). The first kappa shape index (κ1) is 17.5. The highest BCUT2D eigenvalue weighted by atomic mass is 16.1. The van der Waals surface area contributed by atoms with E-state index in [2.05, 4.69) is 36.4 Å². The zero-order valence-electron chi connectivity index (χ0n) is 13.6. The molecule has 0 aliphatic heterocycles. The van der Waals surface area contributed by atoms with Crippen molar-refractivity contribution in [1.29, 1.82) is 0 Å². The van der Waals surface area contributed by atoms with Crippen LogP contribution in [0.4, 0.5) is 5.82 Å². The van der Waals surface area contributed by atoms with E-state index >= 15 is 0 Å². The van der Waals surface area contributed by atoms with E-state index in [0.717, 1.165) is 50.9 Å². The highest BCUT2D eigenvalue weighted by Crippen LogP contribution is 2.10. The molecule has 0 aliphatic rings. The van der Waals surface area contributed by atoms with Crippen LogP contribution < -0.4 is 10.6 Å². The first-order valence-corrected chi connectivity index (χ1v) is 8.22. The summed E-state index contributed by atoms with van der Waals surface area (Å²) in [4.78, 5) is 16.6. The summed E-state index contributed by atoms with van der Waals surface area (Å²) in [7, 11) is 0. The SMILES string of the molecule is CCCCC(CCC)NC(=O)c1ccnc(NCCC)c1. The molecule has 1 unspecified atom stereocenters. The molecule has 1 heterocycles. The molecule has 4 heteroatoms. The monoisotopic (exact) mass is 291 g/mol. The molecule has 0 saturated carbocycles. The number of unbranched alkanes of at least 4 members (excludes halogenated alkanes) is 1. The lowest BCUT2D eigenvalue weighted by Crippen LogP contribution is -2.34. The van der Waals surface area contributed by atoms with Gasteiger partial charge in [-0.25, -0.2) is 4.98 Å². The number of hydrogen-bond acceptors (Lipinski definition) is 3. The van der Waals surface area contributed by atoms with Gasteiger partial charge in [0.25, 0.3) is 5.91 Å². The average molecular weight is 291 g/mol. The van der Waals surface area contributed by atoms with Crippen LogP contribution in [-0.4, -0.2) is 23.5 Å². The molecular weight excluding hydrogens is 262 g/mol. The molecule has 21 heavy (non-hydrogen) atoms. The van der Waals surface area contributed by atoms with Crippen LogP contribution in [-0.2, 0) is 0 Å². The minimum absolute atomic E-state index is 0.00602. The highest BCUT2D eigenvalue weighted by Gasteiger charge is 2.13. The molecule has 0 saturated heterocycles. The second-order valence-electron chi connectivity index (χ2n) is 5.46. The molecule has 0 aromatic carbocycles. The summed E-state index contributed by atoms with van der Waals surface area (Å²) in [6, 6.07) is 3.88. The summed E-state index contributed by atoms with van der Waals surface area (Å²) in [6.45, 7) is 7.31. The van der Waals surface area contributed by atoms with Crippen molar-refractivity contribution in [1.82, 2.24) is 10.3 Å². The Kier molecular flexibility index (Phi) is 8.48. The van der Waals surface area contributed by atoms with Crippen molar-refractivity contribution in [2.75, 3.05) is 11.9 Å². The largest absolute Gasteiger partial charge is 0.370 e. The van der Waals surface area contributed by atoms with Crippen LogP contribution in [0.2, 0.25) is 0 Å².